The molecule has 0 aliphatic rings. The molecule has 0 saturated carbocycles. The zero-order chi connectivity index (χ0) is 24.2. The number of para-hydroxylation sites is 2. The number of H-pyrrole nitrogens is 2. The third-order valence-electron chi connectivity index (χ3n) is 5.33. The van der Waals surface area contributed by atoms with Gasteiger partial charge in [-0.15, -0.1) is 5.10 Å². The van der Waals surface area contributed by atoms with Crippen molar-refractivity contribution in [3.05, 3.63) is 77.9 Å². The van der Waals surface area contributed by atoms with Gasteiger partial charge in [-0.05, 0) is 42.0 Å². The lowest BCUT2D eigenvalue weighted by molar-refractivity contribution is 0.102. The van der Waals surface area contributed by atoms with Gasteiger partial charge in [-0.2, -0.15) is 4.98 Å². The zero-order valence-corrected chi connectivity index (χ0v) is 19.8. The number of carbonyl (C=O) groups excluding carboxylic acids is 1. The van der Waals surface area contributed by atoms with E-state index in [-0.39, 0.29) is 11.9 Å². The highest BCUT2D eigenvalue weighted by atomic mass is 32.2. The van der Waals surface area contributed by atoms with Crippen LogP contribution in [0.4, 0.5) is 5.95 Å². The Morgan fingerprint density at radius 3 is 2.60 bits per heavy atom. The molecule has 0 spiro atoms. The zero-order valence-electron chi connectivity index (χ0n) is 19.0. The first-order valence-corrected chi connectivity index (χ1v) is 11.7. The quantitative estimate of drug-likeness (QED) is 0.267. The van der Waals surface area contributed by atoms with E-state index in [9.17, 15) is 4.79 Å². The van der Waals surface area contributed by atoms with Crippen molar-refractivity contribution < 1.29 is 14.3 Å². The number of aromatic nitrogens is 5. The summed E-state index contributed by atoms with van der Waals surface area (Å²) in [4.78, 5) is 24.9. The number of aromatic amines is 2. The van der Waals surface area contributed by atoms with Gasteiger partial charge in [0.1, 0.15) is 11.5 Å². The van der Waals surface area contributed by atoms with E-state index in [4.69, 9.17) is 9.47 Å². The molecule has 0 aliphatic heterocycles. The van der Waals surface area contributed by atoms with Crippen LogP contribution in [-0.4, -0.2) is 45.3 Å². The second-order valence-electron chi connectivity index (χ2n) is 7.57. The number of hydrogen-bond acceptors (Lipinski definition) is 7. The molecule has 176 valence electrons. The Hall–Kier alpha value is -4.31. The smallest absolute Gasteiger partial charge is 0.258 e. The van der Waals surface area contributed by atoms with Crippen molar-refractivity contribution in [1.82, 2.24) is 25.1 Å². The topological polar surface area (TPSA) is 118 Å². The van der Waals surface area contributed by atoms with Gasteiger partial charge in [-0.1, -0.05) is 36.0 Å². The Labute approximate surface area is 205 Å². The predicted octanol–water partition coefficient (Wildman–Crippen LogP) is 4.91. The fourth-order valence-corrected chi connectivity index (χ4v) is 4.35. The molecule has 1 amide bonds. The number of fused-ring (bicyclic) bond motifs is 1. The summed E-state index contributed by atoms with van der Waals surface area (Å²) in [6.45, 7) is 0. The number of hydrogen-bond donors (Lipinski definition) is 3. The number of rotatable bonds is 8. The standard InChI is InChI=1S/C25H22N6O3S/c1-33-17-11-12-18(21(13-17)34-2)22-28-24(31-30-22)29-23(32)16-9-7-15(8-10-16)14-35-25-26-19-5-3-4-6-20(19)27-25/h3-13H,14H2,1-2H3,(H,26,27)(H2,28,29,30,31,32). The number of nitrogens with zero attached hydrogens (tertiary/aromatic N) is 3. The van der Waals surface area contributed by atoms with Gasteiger partial charge in [0.2, 0.25) is 5.95 Å². The fourth-order valence-electron chi connectivity index (χ4n) is 3.51. The number of thioether (sulfide) groups is 1. The number of amides is 1. The molecule has 5 rings (SSSR count). The van der Waals surface area contributed by atoms with Crippen LogP contribution in [0.15, 0.2) is 71.9 Å². The van der Waals surface area contributed by atoms with Crippen molar-refractivity contribution in [3.8, 4) is 22.9 Å². The maximum absolute atomic E-state index is 12.7. The Morgan fingerprint density at radius 1 is 1.00 bits per heavy atom. The third-order valence-corrected chi connectivity index (χ3v) is 6.28. The number of nitrogens with one attached hydrogen (secondary N) is 3. The van der Waals surface area contributed by atoms with Gasteiger partial charge in [0.15, 0.2) is 11.0 Å². The average molecular weight is 487 g/mol. The van der Waals surface area contributed by atoms with E-state index in [1.807, 2.05) is 42.5 Å². The van der Waals surface area contributed by atoms with Crippen molar-refractivity contribution in [2.24, 2.45) is 0 Å². The number of benzene rings is 3. The lowest BCUT2D eigenvalue weighted by Gasteiger charge is -2.07. The van der Waals surface area contributed by atoms with Gasteiger partial charge in [0.05, 0.1) is 30.8 Å². The number of ether oxygens (including phenoxy) is 2. The van der Waals surface area contributed by atoms with Crippen molar-refractivity contribution in [2.75, 3.05) is 19.5 Å². The average Bonchev–Trinajstić information content (AvgIpc) is 3.54. The van der Waals surface area contributed by atoms with E-state index in [0.717, 1.165) is 27.5 Å². The molecule has 9 nitrogen and oxygen atoms in total. The molecular formula is C25H22N6O3S. The SMILES string of the molecule is COc1ccc(-c2nc(NC(=O)c3ccc(CSc4nc5ccccc5[nH]4)cc3)n[nH]2)c(OC)c1. The van der Waals surface area contributed by atoms with Crippen LogP contribution in [0.1, 0.15) is 15.9 Å². The van der Waals surface area contributed by atoms with E-state index in [0.29, 0.717) is 28.5 Å². The molecule has 0 unspecified atom stereocenters. The largest absolute Gasteiger partial charge is 0.497 e. The van der Waals surface area contributed by atoms with E-state index < -0.39 is 0 Å². The second-order valence-corrected chi connectivity index (χ2v) is 8.54. The minimum Gasteiger partial charge on any atom is -0.497 e. The second kappa shape index (κ2) is 9.90. The number of imidazole rings is 1. The maximum atomic E-state index is 12.7. The summed E-state index contributed by atoms with van der Waals surface area (Å²) in [6.07, 6.45) is 0. The summed E-state index contributed by atoms with van der Waals surface area (Å²) in [5, 5.41) is 10.5. The van der Waals surface area contributed by atoms with Crippen LogP contribution < -0.4 is 14.8 Å². The molecule has 0 bridgehead atoms. The van der Waals surface area contributed by atoms with Crippen LogP contribution in [0.3, 0.4) is 0 Å². The Morgan fingerprint density at radius 2 is 1.83 bits per heavy atom. The first kappa shape index (κ1) is 22.5. The minimum atomic E-state index is -0.297. The lowest BCUT2D eigenvalue weighted by Crippen LogP contribution is -2.13. The fraction of sp³-hybridized carbons (Fsp3) is 0.120. The van der Waals surface area contributed by atoms with E-state index in [1.165, 1.54) is 0 Å². The number of anilines is 1. The molecule has 0 atom stereocenters. The van der Waals surface area contributed by atoms with Crippen molar-refractivity contribution >= 4 is 34.7 Å². The van der Waals surface area contributed by atoms with Crippen LogP contribution in [-0.2, 0) is 5.75 Å². The molecule has 5 aromatic rings. The summed E-state index contributed by atoms with van der Waals surface area (Å²) in [7, 11) is 3.15. The van der Waals surface area contributed by atoms with Gasteiger partial charge in [0, 0.05) is 17.4 Å². The van der Waals surface area contributed by atoms with E-state index in [1.54, 1.807) is 50.2 Å². The number of methoxy groups -OCH3 is 2. The normalized spacial score (nSPS) is 10.9. The molecule has 3 aromatic carbocycles. The summed E-state index contributed by atoms with van der Waals surface area (Å²) in [6, 6.07) is 20.7. The van der Waals surface area contributed by atoms with Gasteiger partial charge in [-0.25, -0.2) is 4.98 Å². The summed E-state index contributed by atoms with van der Waals surface area (Å²) in [5.74, 6) is 2.32. The van der Waals surface area contributed by atoms with E-state index >= 15 is 0 Å². The molecule has 0 aliphatic carbocycles. The van der Waals surface area contributed by atoms with Gasteiger partial charge < -0.3 is 14.5 Å². The highest BCUT2D eigenvalue weighted by Gasteiger charge is 2.14. The van der Waals surface area contributed by atoms with Crippen LogP contribution in [0.25, 0.3) is 22.4 Å². The van der Waals surface area contributed by atoms with Gasteiger partial charge >= 0.3 is 0 Å². The van der Waals surface area contributed by atoms with Gasteiger partial charge in [-0.3, -0.25) is 15.2 Å². The van der Waals surface area contributed by atoms with Crippen molar-refractivity contribution in [2.45, 2.75) is 10.9 Å². The molecule has 0 fully saturated rings. The van der Waals surface area contributed by atoms with Gasteiger partial charge in [0.25, 0.3) is 5.91 Å². The summed E-state index contributed by atoms with van der Waals surface area (Å²) in [5.41, 5.74) is 4.26. The minimum absolute atomic E-state index is 0.174. The van der Waals surface area contributed by atoms with E-state index in [2.05, 4.69) is 30.5 Å². The van der Waals surface area contributed by atoms with Crippen LogP contribution in [0.2, 0.25) is 0 Å². The van der Waals surface area contributed by atoms with Crippen molar-refractivity contribution in [1.29, 1.82) is 0 Å². The van der Waals surface area contributed by atoms with Crippen molar-refractivity contribution in [3.63, 3.8) is 0 Å². The van der Waals surface area contributed by atoms with Crippen LogP contribution >= 0.6 is 11.8 Å². The Balaban J connectivity index is 1.21. The first-order chi connectivity index (χ1) is 17.1. The van der Waals surface area contributed by atoms with Crippen LogP contribution in [0.5, 0.6) is 11.5 Å². The Bertz CT molecular complexity index is 1450. The summed E-state index contributed by atoms with van der Waals surface area (Å²) >= 11 is 1.61. The Kier molecular flexibility index (Phi) is 6.36. The highest BCUT2D eigenvalue weighted by Crippen LogP contribution is 2.31. The molecule has 10 heteroatoms. The monoisotopic (exact) mass is 486 g/mol. The molecular weight excluding hydrogens is 464 g/mol. The number of carbonyl (C=O) groups is 1. The molecule has 2 heterocycles. The first-order valence-electron chi connectivity index (χ1n) is 10.8. The summed E-state index contributed by atoms with van der Waals surface area (Å²) < 4.78 is 10.6. The molecule has 3 N–H and O–H groups in total. The molecule has 35 heavy (non-hydrogen) atoms. The molecule has 0 radical (unpaired) electrons. The molecule has 2 aromatic heterocycles. The lowest BCUT2D eigenvalue weighted by atomic mass is 10.1. The third kappa shape index (κ3) is 4.97. The highest BCUT2D eigenvalue weighted by molar-refractivity contribution is 7.98. The maximum Gasteiger partial charge on any atom is 0.258 e. The molecule has 0 saturated heterocycles. The van der Waals surface area contributed by atoms with Crippen LogP contribution in [0, 0.1) is 0 Å². The predicted molar refractivity (Wildman–Crippen MR) is 135 cm³/mol.